The van der Waals surface area contributed by atoms with Gasteiger partial charge in [-0.25, -0.2) is 4.98 Å². The fourth-order valence-corrected chi connectivity index (χ4v) is 8.45. The Hall–Kier alpha value is -3.31. The first kappa shape index (κ1) is 23.1. The molecule has 0 bridgehead atoms. The first-order chi connectivity index (χ1) is 17.2. The molecule has 0 amide bonds. The zero-order chi connectivity index (χ0) is 25.3. The Labute approximate surface area is 216 Å². The third kappa shape index (κ3) is 3.02. The van der Waals surface area contributed by atoms with Crippen LogP contribution in [-0.2, 0) is 11.0 Å². The molecule has 4 aromatic rings. The molecule has 4 nitrogen and oxygen atoms in total. The zero-order valence-electron chi connectivity index (χ0n) is 21.2. The summed E-state index contributed by atoms with van der Waals surface area (Å²) in [6.07, 6.45) is 0. The van der Waals surface area contributed by atoms with E-state index in [1.165, 1.54) is 11.1 Å². The SMILES string of the molecule is CC(C)[C@]12SC(c3cccc(Oc4ccc5cccc(O)c5n4)c3)=N[C@@]1(C)c1ccccc1C2(C)C. The van der Waals surface area contributed by atoms with Crippen molar-refractivity contribution in [3.63, 3.8) is 0 Å². The van der Waals surface area contributed by atoms with Gasteiger partial charge in [-0.15, -0.1) is 0 Å². The summed E-state index contributed by atoms with van der Waals surface area (Å²) in [4.78, 5) is 9.98. The molecule has 182 valence electrons. The van der Waals surface area contributed by atoms with Gasteiger partial charge in [0.25, 0.3) is 0 Å². The maximum atomic E-state index is 10.2. The highest BCUT2D eigenvalue weighted by molar-refractivity contribution is 8.16. The van der Waals surface area contributed by atoms with Gasteiger partial charge in [0.15, 0.2) is 0 Å². The van der Waals surface area contributed by atoms with Crippen molar-refractivity contribution in [3.05, 3.63) is 95.6 Å². The van der Waals surface area contributed by atoms with Gasteiger partial charge in [0.05, 0.1) is 9.79 Å². The van der Waals surface area contributed by atoms with Crippen LogP contribution in [0.3, 0.4) is 0 Å². The summed E-state index contributed by atoms with van der Waals surface area (Å²) < 4.78 is 6.04. The summed E-state index contributed by atoms with van der Waals surface area (Å²) in [5.41, 5.74) is 3.94. The van der Waals surface area contributed by atoms with E-state index in [9.17, 15) is 5.11 Å². The second kappa shape index (κ2) is 7.84. The number of aliphatic imine (C=N–C) groups is 1. The van der Waals surface area contributed by atoms with Gasteiger partial charge in [-0.05, 0) is 48.2 Å². The van der Waals surface area contributed by atoms with Crippen molar-refractivity contribution in [2.75, 3.05) is 0 Å². The average Bonchev–Trinajstić information content (AvgIpc) is 3.27. The van der Waals surface area contributed by atoms with E-state index in [1.54, 1.807) is 6.07 Å². The summed E-state index contributed by atoms with van der Waals surface area (Å²) >= 11 is 1.92. The van der Waals surface area contributed by atoms with E-state index in [0.717, 1.165) is 16.0 Å². The Balaban J connectivity index is 1.39. The molecule has 2 heterocycles. The maximum absolute atomic E-state index is 10.2. The van der Waals surface area contributed by atoms with Crippen LogP contribution >= 0.6 is 11.8 Å². The Kier molecular flexibility index (Phi) is 5.03. The number of thioether (sulfide) groups is 1. The number of phenolic OH excluding ortho intramolecular Hbond substituents is 1. The molecule has 0 saturated heterocycles. The Morgan fingerprint density at radius 1 is 0.861 bits per heavy atom. The maximum Gasteiger partial charge on any atom is 0.219 e. The average molecular weight is 495 g/mol. The van der Waals surface area contributed by atoms with Crippen molar-refractivity contribution >= 4 is 27.7 Å². The summed E-state index contributed by atoms with van der Waals surface area (Å²) in [5, 5.41) is 12.1. The van der Waals surface area contributed by atoms with Crippen molar-refractivity contribution in [2.24, 2.45) is 10.9 Å². The number of para-hydroxylation sites is 1. The van der Waals surface area contributed by atoms with Crippen molar-refractivity contribution < 1.29 is 9.84 Å². The monoisotopic (exact) mass is 494 g/mol. The largest absolute Gasteiger partial charge is 0.506 e. The fourth-order valence-electron chi connectivity index (χ4n) is 6.72. The van der Waals surface area contributed by atoms with Crippen LogP contribution in [0.2, 0.25) is 0 Å². The van der Waals surface area contributed by atoms with Gasteiger partial charge in [0, 0.05) is 22.4 Å². The van der Waals surface area contributed by atoms with Crippen LogP contribution in [0.1, 0.15) is 51.3 Å². The second-order valence-electron chi connectivity index (χ2n) is 10.8. The van der Waals surface area contributed by atoms with Crippen molar-refractivity contribution in [3.8, 4) is 17.4 Å². The summed E-state index contributed by atoms with van der Waals surface area (Å²) in [6.45, 7) is 11.7. The highest BCUT2D eigenvalue weighted by Crippen LogP contribution is 2.69. The van der Waals surface area contributed by atoms with Crippen molar-refractivity contribution in [2.45, 2.75) is 50.3 Å². The molecule has 1 aliphatic heterocycles. The lowest BCUT2D eigenvalue weighted by Crippen LogP contribution is -2.53. The minimum absolute atomic E-state index is 0.0481. The van der Waals surface area contributed by atoms with Gasteiger partial charge in [-0.2, -0.15) is 0 Å². The van der Waals surface area contributed by atoms with Gasteiger partial charge in [-0.1, -0.05) is 88.0 Å². The first-order valence-electron chi connectivity index (χ1n) is 12.4. The Morgan fingerprint density at radius 2 is 1.61 bits per heavy atom. The normalized spacial score (nSPS) is 24.0. The number of hydrogen-bond donors (Lipinski definition) is 1. The van der Waals surface area contributed by atoms with Crippen LogP contribution in [-0.4, -0.2) is 19.9 Å². The molecule has 0 spiro atoms. The molecule has 0 radical (unpaired) electrons. The number of hydrogen-bond acceptors (Lipinski definition) is 5. The number of benzene rings is 3. The lowest BCUT2D eigenvalue weighted by molar-refractivity contribution is 0.215. The number of aromatic nitrogens is 1. The molecule has 6 rings (SSSR count). The molecule has 2 atom stereocenters. The molecule has 2 aliphatic rings. The van der Waals surface area contributed by atoms with Crippen LogP contribution in [0, 0.1) is 5.92 Å². The molecular weight excluding hydrogens is 464 g/mol. The minimum atomic E-state index is -0.324. The fraction of sp³-hybridized carbons (Fsp3) is 0.290. The quantitative estimate of drug-likeness (QED) is 0.314. The van der Waals surface area contributed by atoms with E-state index in [2.05, 4.69) is 69.9 Å². The molecule has 36 heavy (non-hydrogen) atoms. The first-order valence-corrected chi connectivity index (χ1v) is 13.2. The van der Waals surface area contributed by atoms with Crippen LogP contribution < -0.4 is 4.74 Å². The van der Waals surface area contributed by atoms with Crippen molar-refractivity contribution in [1.29, 1.82) is 0 Å². The van der Waals surface area contributed by atoms with Gasteiger partial charge in [0.1, 0.15) is 22.6 Å². The van der Waals surface area contributed by atoms with Crippen LogP contribution in [0.4, 0.5) is 0 Å². The van der Waals surface area contributed by atoms with E-state index in [4.69, 9.17) is 9.73 Å². The number of ether oxygens (including phenoxy) is 1. The van der Waals surface area contributed by atoms with E-state index >= 15 is 0 Å². The molecule has 0 saturated carbocycles. The number of nitrogens with zero attached hydrogens (tertiary/aromatic N) is 2. The summed E-state index contributed by atoms with van der Waals surface area (Å²) in [5.74, 6) is 1.69. The zero-order valence-corrected chi connectivity index (χ0v) is 22.1. The van der Waals surface area contributed by atoms with E-state index in [1.807, 2.05) is 54.2 Å². The number of aromatic hydroxyl groups is 1. The van der Waals surface area contributed by atoms with E-state index in [-0.39, 0.29) is 21.5 Å². The van der Waals surface area contributed by atoms with E-state index < -0.39 is 0 Å². The Morgan fingerprint density at radius 3 is 2.39 bits per heavy atom. The highest BCUT2D eigenvalue weighted by Gasteiger charge is 2.69. The van der Waals surface area contributed by atoms with Crippen molar-refractivity contribution in [1.82, 2.24) is 4.98 Å². The third-order valence-electron chi connectivity index (χ3n) is 8.15. The predicted molar refractivity (Wildman–Crippen MR) is 148 cm³/mol. The second-order valence-corrected chi connectivity index (χ2v) is 12.0. The van der Waals surface area contributed by atoms with Gasteiger partial charge in [-0.3, -0.25) is 4.99 Å². The topological polar surface area (TPSA) is 54.7 Å². The molecule has 0 fully saturated rings. The highest BCUT2D eigenvalue weighted by atomic mass is 32.2. The number of rotatable bonds is 4. The lowest BCUT2D eigenvalue weighted by atomic mass is 9.67. The molecular formula is C31H30N2O2S. The minimum Gasteiger partial charge on any atom is -0.506 e. The number of fused-ring (bicyclic) bond motifs is 4. The van der Waals surface area contributed by atoms with Gasteiger partial charge in [0.2, 0.25) is 5.88 Å². The third-order valence-corrected chi connectivity index (χ3v) is 10.4. The lowest BCUT2D eigenvalue weighted by Gasteiger charge is -2.48. The smallest absolute Gasteiger partial charge is 0.219 e. The van der Waals surface area contributed by atoms with E-state index in [0.29, 0.717) is 23.1 Å². The standard InChI is InChI=1S/C31H30N2O2S/c1-19(2)31-29(3,4)23-13-6-7-14-24(23)30(31,5)33-28(36-31)21-11-8-12-22(18-21)35-26-17-16-20-10-9-15-25(34)27(20)32-26/h6-19,34H,1-5H3/t30-,31+/m0/s1. The van der Waals surface area contributed by atoms with Gasteiger partial charge >= 0.3 is 0 Å². The molecule has 1 aliphatic carbocycles. The van der Waals surface area contributed by atoms with Crippen LogP contribution in [0.5, 0.6) is 17.4 Å². The molecule has 1 N–H and O–H groups in total. The molecule has 1 aromatic heterocycles. The van der Waals surface area contributed by atoms with Crippen LogP contribution in [0.15, 0.2) is 83.9 Å². The summed E-state index contributed by atoms with van der Waals surface area (Å²) in [7, 11) is 0. The number of phenols is 1. The molecule has 5 heteroatoms. The van der Waals surface area contributed by atoms with Crippen LogP contribution in [0.25, 0.3) is 10.9 Å². The molecule has 3 aromatic carbocycles. The summed E-state index contributed by atoms with van der Waals surface area (Å²) in [6, 6.07) is 26.0. The number of pyridine rings is 1. The Bertz CT molecular complexity index is 1540. The predicted octanol–water partition coefficient (Wildman–Crippen LogP) is 7.83. The van der Waals surface area contributed by atoms with Gasteiger partial charge < -0.3 is 9.84 Å². The molecule has 0 unspecified atom stereocenters.